The minimum atomic E-state index is 0.374. The van der Waals surface area contributed by atoms with Crippen LogP contribution in [0.5, 0.6) is 5.75 Å². The molecule has 1 aromatic heterocycles. The molecule has 4 heteroatoms. The Bertz CT molecular complexity index is 1140. The zero-order chi connectivity index (χ0) is 20.8. The van der Waals surface area contributed by atoms with E-state index in [2.05, 4.69) is 35.4 Å². The molecule has 0 atom stereocenters. The highest BCUT2D eigenvalue weighted by molar-refractivity contribution is 5.97. The Morgan fingerprint density at radius 1 is 0.900 bits per heavy atom. The first-order valence-electron chi connectivity index (χ1n) is 10.0. The lowest BCUT2D eigenvalue weighted by Crippen LogP contribution is -2.18. The first-order valence-corrected chi connectivity index (χ1v) is 10.0. The van der Waals surface area contributed by atoms with Crippen molar-refractivity contribution in [1.29, 1.82) is 0 Å². The summed E-state index contributed by atoms with van der Waals surface area (Å²) in [5, 5.41) is 7.56. The molecule has 30 heavy (non-hydrogen) atoms. The van der Waals surface area contributed by atoms with Crippen molar-refractivity contribution in [2.75, 3.05) is 13.8 Å². The van der Waals surface area contributed by atoms with Crippen molar-refractivity contribution in [2.24, 2.45) is 0 Å². The molecule has 0 aliphatic carbocycles. The number of nitrogens with one attached hydrogen (secondary N) is 2. The molecule has 4 aromatic rings. The summed E-state index contributed by atoms with van der Waals surface area (Å²) in [6.07, 6.45) is 0. The number of pyridine rings is 1. The standard InChI is InChI=1S/C26H25N3O/c1-19(28-17-20-11-5-3-6-12-20)24-22-15-9-10-16-23(22)29-25(26(24)30-18-27-2)21-13-7-4-8-14-21/h3-16,27-28H,1,17-18H2,2H3. The number of nitrogens with zero attached hydrogens (tertiary/aromatic N) is 1. The van der Waals surface area contributed by atoms with Gasteiger partial charge in [-0.1, -0.05) is 85.4 Å². The van der Waals surface area contributed by atoms with Crippen molar-refractivity contribution in [3.63, 3.8) is 0 Å². The molecular weight excluding hydrogens is 370 g/mol. The maximum Gasteiger partial charge on any atom is 0.157 e. The van der Waals surface area contributed by atoms with Gasteiger partial charge >= 0.3 is 0 Å². The summed E-state index contributed by atoms with van der Waals surface area (Å²) in [5.41, 5.74) is 5.66. The van der Waals surface area contributed by atoms with Gasteiger partial charge < -0.3 is 10.1 Å². The number of aromatic nitrogens is 1. The smallest absolute Gasteiger partial charge is 0.157 e. The molecule has 0 aliphatic rings. The van der Waals surface area contributed by atoms with E-state index in [9.17, 15) is 0 Å². The van der Waals surface area contributed by atoms with Crippen LogP contribution in [0.25, 0.3) is 27.9 Å². The largest absolute Gasteiger partial charge is 0.475 e. The average molecular weight is 396 g/mol. The molecular formula is C26H25N3O. The number of para-hydroxylation sites is 1. The van der Waals surface area contributed by atoms with E-state index in [0.717, 1.165) is 39.2 Å². The summed E-state index contributed by atoms with van der Waals surface area (Å²) in [6.45, 7) is 5.41. The number of hydrogen-bond donors (Lipinski definition) is 2. The lowest BCUT2D eigenvalue weighted by molar-refractivity contribution is 0.296. The monoisotopic (exact) mass is 395 g/mol. The zero-order valence-corrected chi connectivity index (χ0v) is 17.1. The van der Waals surface area contributed by atoms with Gasteiger partial charge in [0.1, 0.15) is 12.4 Å². The van der Waals surface area contributed by atoms with Gasteiger partial charge in [0, 0.05) is 23.2 Å². The molecule has 4 rings (SSSR count). The van der Waals surface area contributed by atoms with Crippen LogP contribution in [0.15, 0.2) is 91.5 Å². The van der Waals surface area contributed by atoms with Crippen LogP contribution >= 0.6 is 0 Å². The van der Waals surface area contributed by atoms with E-state index in [1.54, 1.807) is 0 Å². The van der Waals surface area contributed by atoms with Gasteiger partial charge in [0.05, 0.1) is 11.1 Å². The molecule has 150 valence electrons. The van der Waals surface area contributed by atoms with Gasteiger partial charge in [-0.2, -0.15) is 0 Å². The average Bonchev–Trinajstić information content (AvgIpc) is 2.81. The van der Waals surface area contributed by atoms with E-state index in [1.165, 1.54) is 5.56 Å². The van der Waals surface area contributed by atoms with Crippen molar-refractivity contribution in [3.05, 3.63) is 103 Å². The number of benzene rings is 3. The predicted molar refractivity (Wildman–Crippen MR) is 124 cm³/mol. The van der Waals surface area contributed by atoms with Crippen molar-refractivity contribution in [3.8, 4) is 17.0 Å². The molecule has 2 N–H and O–H groups in total. The summed E-state index contributed by atoms with van der Waals surface area (Å²) < 4.78 is 6.18. The van der Waals surface area contributed by atoms with E-state index in [1.807, 2.05) is 73.8 Å². The highest BCUT2D eigenvalue weighted by atomic mass is 16.5. The fraction of sp³-hybridized carbons (Fsp3) is 0.115. The van der Waals surface area contributed by atoms with Gasteiger partial charge in [-0.05, 0) is 18.7 Å². The Labute approximate surface area is 177 Å². The van der Waals surface area contributed by atoms with Crippen molar-refractivity contribution in [2.45, 2.75) is 6.54 Å². The minimum Gasteiger partial charge on any atom is -0.475 e. The van der Waals surface area contributed by atoms with Crippen LogP contribution in [0.2, 0.25) is 0 Å². The second-order valence-electron chi connectivity index (χ2n) is 7.01. The van der Waals surface area contributed by atoms with Crippen LogP contribution in [0, 0.1) is 0 Å². The number of fused-ring (bicyclic) bond motifs is 1. The molecule has 0 unspecified atom stereocenters. The highest BCUT2D eigenvalue weighted by Gasteiger charge is 2.20. The SMILES string of the molecule is C=C(NCc1ccccc1)c1c(OCNC)c(-c2ccccc2)nc2ccccc12. The van der Waals surface area contributed by atoms with E-state index >= 15 is 0 Å². The van der Waals surface area contributed by atoms with Crippen molar-refractivity contribution < 1.29 is 4.74 Å². The molecule has 1 heterocycles. The summed E-state index contributed by atoms with van der Waals surface area (Å²) in [4.78, 5) is 4.94. The van der Waals surface area contributed by atoms with Gasteiger partial charge in [-0.25, -0.2) is 4.98 Å². The van der Waals surface area contributed by atoms with Crippen LogP contribution in [0.1, 0.15) is 11.1 Å². The maximum atomic E-state index is 6.18. The number of ether oxygens (including phenoxy) is 1. The number of rotatable bonds is 8. The molecule has 4 nitrogen and oxygen atoms in total. The third-order valence-electron chi connectivity index (χ3n) is 4.91. The summed E-state index contributed by atoms with van der Waals surface area (Å²) in [6, 6.07) is 28.5. The Hall–Kier alpha value is -3.63. The lowest BCUT2D eigenvalue weighted by atomic mass is 10.00. The van der Waals surface area contributed by atoms with Crippen molar-refractivity contribution >= 4 is 16.6 Å². The summed E-state index contributed by atoms with van der Waals surface area (Å²) in [7, 11) is 1.86. The zero-order valence-electron chi connectivity index (χ0n) is 17.1. The molecule has 0 saturated carbocycles. The van der Waals surface area contributed by atoms with E-state index in [4.69, 9.17) is 9.72 Å². The molecule has 0 saturated heterocycles. The minimum absolute atomic E-state index is 0.374. The van der Waals surface area contributed by atoms with Gasteiger partial charge in [-0.15, -0.1) is 0 Å². The Balaban J connectivity index is 1.83. The van der Waals surface area contributed by atoms with Crippen LogP contribution in [-0.4, -0.2) is 18.8 Å². The Morgan fingerprint density at radius 3 is 2.30 bits per heavy atom. The topological polar surface area (TPSA) is 46.2 Å². The van der Waals surface area contributed by atoms with Crippen LogP contribution in [0.3, 0.4) is 0 Å². The van der Waals surface area contributed by atoms with Crippen molar-refractivity contribution in [1.82, 2.24) is 15.6 Å². The normalized spacial score (nSPS) is 10.7. The maximum absolute atomic E-state index is 6.18. The summed E-state index contributed by atoms with van der Waals surface area (Å²) in [5.74, 6) is 0.722. The molecule has 0 amide bonds. The third kappa shape index (κ3) is 4.19. The molecule has 0 fully saturated rings. The van der Waals surface area contributed by atoms with E-state index in [-0.39, 0.29) is 0 Å². The van der Waals surface area contributed by atoms with Crippen LogP contribution in [0.4, 0.5) is 0 Å². The molecule has 0 aliphatic heterocycles. The molecule has 3 aromatic carbocycles. The second-order valence-corrected chi connectivity index (χ2v) is 7.01. The second kappa shape index (κ2) is 9.25. The van der Waals surface area contributed by atoms with Crippen LogP contribution in [-0.2, 0) is 6.54 Å². The third-order valence-corrected chi connectivity index (χ3v) is 4.91. The Morgan fingerprint density at radius 2 is 1.57 bits per heavy atom. The van der Waals surface area contributed by atoms with Gasteiger partial charge in [-0.3, -0.25) is 5.32 Å². The summed E-state index contributed by atoms with van der Waals surface area (Å²) >= 11 is 0. The van der Waals surface area contributed by atoms with E-state index in [0.29, 0.717) is 13.3 Å². The highest BCUT2D eigenvalue weighted by Crippen LogP contribution is 2.39. The number of hydrogen-bond acceptors (Lipinski definition) is 4. The van der Waals surface area contributed by atoms with Crippen LogP contribution < -0.4 is 15.4 Å². The predicted octanol–water partition coefficient (Wildman–Crippen LogP) is 5.22. The fourth-order valence-corrected chi connectivity index (χ4v) is 3.46. The van der Waals surface area contributed by atoms with Gasteiger partial charge in [0.15, 0.2) is 5.75 Å². The Kier molecular flexibility index (Phi) is 6.06. The fourth-order valence-electron chi connectivity index (χ4n) is 3.46. The molecule has 0 radical (unpaired) electrons. The molecule has 0 spiro atoms. The molecule has 0 bridgehead atoms. The first kappa shape index (κ1) is 19.7. The quantitative estimate of drug-likeness (QED) is 0.402. The van der Waals surface area contributed by atoms with Gasteiger partial charge in [0.2, 0.25) is 0 Å². The first-order chi connectivity index (χ1) is 14.8. The van der Waals surface area contributed by atoms with E-state index < -0.39 is 0 Å². The lowest BCUT2D eigenvalue weighted by Gasteiger charge is -2.20. The van der Waals surface area contributed by atoms with Gasteiger partial charge in [0.25, 0.3) is 0 Å².